The molecule has 3 rings (SSSR count). The number of hydrogen-bond acceptors (Lipinski definition) is 6. The van der Waals surface area contributed by atoms with Crippen molar-refractivity contribution in [3.8, 4) is 0 Å². The van der Waals surface area contributed by atoms with Crippen LogP contribution in [-0.4, -0.2) is 58.1 Å². The Morgan fingerprint density at radius 2 is 1.88 bits per heavy atom. The van der Waals surface area contributed by atoms with E-state index in [9.17, 15) is 14.4 Å². The van der Waals surface area contributed by atoms with Crippen molar-refractivity contribution in [2.75, 3.05) is 19.7 Å². The lowest BCUT2D eigenvalue weighted by Gasteiger charge is -2.22. The van der Waals surface area contributed by atoms with Crippen molar-refractivity contribution in [3.05, 3.63) is 66.0 Å². The van der Waals surface area contributed by atoms with E-state index in [4.69, 9.17) is 4.74 Å². The van der Waals surface area contributed by atoms with Crippen molar-refractivity contribution in [1.82, 2.24) is 14.9 Å². The van der Waals surface area contributed by atoms with Gasteiger partial charge in [0, 0.05) is 44.7 Å². The summed E-state index contributed by atoms with van der Waals surface area (Å²) in [6.07, 6.45) is 4.25. The van der Waals surface area contributed by atoms with E-state index in [1.165, 1.54) is 5.01 Å². The van der Waals surface area contributed by atoms with E-state index >= 15 is 0 Å². The first kappa shape index (κ1) is 23.1. The average molecular weight is 437 g/mol. The van der Waals surface area contributed by atoms with Crippen LogP contribution in [0, 0.1) is 0 Å². The minimum atomic E-state index is -0.354. The topological polar surface area (TPSA) is 92.2 Å². The van der Waals surface area contributed by atoms with Gasteiger partial charge in [0.15, 0.2) is 0 Å². The molecule has 0 N–H and O–H groups in total. The van der Waals surface area contributed by atoms with Gasteiger partial charge in [-0.2, -0.15) is 5.10 Å². The number of hydrogen-bond donors (Lipinski definition) is 0. The number of rotatable bonds is 10. The Morgan fingerprint density at radius 1 is 1.06 bits per heavy atom. The molecule has 8 nitrogen and oxygen atoms in total. The van der Waals surface area contributed by atoms with Crippen molar-refractivity contribution in [2.24, 2.45) is 5.10 Å². The largest absolute Gasteiger partial charge is 0.466 e. The zero-order valence-electron chi connectivity index (χ0n) is 18.3. The number of ether oxygens (including phenoxy) is 1. The van der Waals surface area contributed by atoms with Crippen molar-refractivity contribution in [1.29, 1.82) is 0 Å². The van der Waals surface area contributed by atoms with Crippen LogP contribution in [0.4, 0.5) is 0 Å². The summed E-state index contributed by atoms with van der Waals surface area (Å²) in [4.78, 5) is 42.9. The number of pyridine rings is 1. The highest BCUT2D eigenvalue weighted by Gasteiger charge is 2.23. The van der Waals surface area contributed by atoms with E-state index in [0.717, 1.165) is 16.8 Å². The molecule has 0 unspecified atom stereocenters. The molecule has 0 fully saturated rings. The molecule has 2 heterocycles. The maximum atomic E-state index is 12.9. The number of esters is 1. The van der Waals surface area contributed by atoms with Crippen LogP contribution < -0.4 is 0 Å². The van der Waals surface area contributed by atoms with Crippen LogP contribution in [0.5, 0.6) is 0 Å². The first-order valence-electron chi connectivity index (χ1n) is 10.8. The third kappa shape index (κ3) is 6.73. The van der Waals surface area contributed by atoms with E-state index in [1.54, 1.807) is 30.3 Å². The Hall–Kier alpha value is -3.55. The van der Waals surface area contributed by atoms with E-state index in [-0.39, 0.29) is 43.6 Å². The molecule has 2 amide bonds. The standard InChI is InChI=1S/C24H28N4O4/c1-2-32-24(31)13-15-27(18-19-7-6-14-25-17-19)22(29)10-11-23(30)28-16-12-21(26-28)20-8-4-3-5-9-20/h3-9,14,17H,2,10-13,15-16,18H2,1H3. The number of carbonyl (C=O) groups is 3. The maximum absolute atomic E-state index is 12.9. The third-order valence-corrected chi connectivity index (χ3v) is 5.09. The fourth-order valence-corrected chi connectivity index (χ4v) is 3.44. The molecular formula is C24H28N4O4. The summed E-state index contributed by atoms with van der Waals surface area (Å²) in [5.74, 6) is -0.735. The van der Waals surface area contributed by atoms with Crippen LogP contribution >= 0.6 is 0 Å². The molecular weight excluding hydrogens is 408 g/mol. The SMILES string of the molecule is CCOC(=O)CCN(Cc1cccnc1)C(=O)CCC(=O)N1CCC(c2ccccc2)=N1. The number of aromatic nitrogens is 1. The number of amides is 2. The van der Waals surface area contributed by atoms with Gasteiger partial charge in [0.05, 0.1) is 25.3 Å². The summed E-state index contributed by atoms with van der Waals surface area (Å²) in [7, 11) is 0. The first-order chi connectivity index (χ1) is 15.6. The lowest BCUT2D eigenvalue weighted by molar-refractivity contribution is -0.144. The monoisotopic (exact) mass is 436 g/mol. The normalized spacial score (nSPS) is 12.9. The maximum Gasteiger partial charge on any atom is 0.307 e. The molecule has 1 aliphatic heterocycles. The number of nitrogens with zero attached hydrogens (tertiary/aromatic N) is 4. The molecule has 1 aromatic carbocycles. The van der Waals surface area contributed by atoms with Gasteiger partial charge in [-0.1, -0.05) is 36.4 Å². The van der Waals surface area contributed by atoms with Crippen molar-refractivity contribution < 1.29 is 19.1 Å². The molecule has 0 bridgehead atoms. The van der Waals surface area contributed by atoms with E-state index in [2.05, 4.69) is 10.1 Å². The van der Waals surface area contributed by atoms with Gasteiger partial charge < -0.3 is 9.64 Å². The molecule has 1 aliphatic rings. The summed E-state index contributed by atoms with van der Waals surface area (Å²) in [5, 5.41) is 5.88. The van der Waals surface area contributed by atoms with Crippen LogP contribution in [0.3, 0.4) is 0 Å². The summed E-state index contributed by atoms with van der Waals surface area (Å²) < 4.78 is 4.97. The minimum absolute atomic E-state index is 0.0502. The third-order valence-electron chi connectivity index (χ3n) is 5.09. The molecule has 0 saturated carbocycles. The Kier molecular flexibility index (Phi) is 8.48. The predicted octanol–water partition coefficient (Wildman–Crippen LogP) is 2.78. The Morgan fingerprint density at radius 3 is 2.59 bits per heavy atom. The van der Waals surface area contributed by atoms with Crippen molar-refractivity contribution in [3.63, 3.8) is 0 Å². The summed E-state index contributed by atoms with van der Waals surface area (Å²) >= 11 is 0. The lowest BCUT2D eigenvalue weighted by Crippen LogP contribution is -2.34. The summed E-state index contributed by atoms with van der Waals surface area (Å²) in [6.45, 7) is 3.10. The molecule has 1 aromatic heterocycles. The lowest BCUT2D eigenvalue weighted by atomic mass is 10.1. The van der Waals surface area contributed by atoms with E-state index in [1.807, 2.05) is 36.4 Å². The molecule has 0 aliphatic carbocycles. The molecule has 2 aromatic rings. The molecule has 8 heteroatoms. The smallest absolute Gasteiger partial charge is 0.307 e. The van der Waals surface area contributed by atoms with Gasteiger partial charge in [-0.15, -0.1) is 0 Å². The number of hydrazone groups is 1. The van der Waals surface area contributed by atoms with Gasteiger partial charge >= 0.3 is 5.97 Å². The van der Waals surface area contributed by atoms with Gasteiger partial charge in [-0.25, -0.2) is 5.01 Å². The molecule has 0 spiro atoms. The second-order valence-corrected chi connectivity index (χ2v) is 7.41. The quantitative estimate of drug-likeness (QED) is 0.534. The highest BCUT2D eigenvalue weighted by Crippen LogP contribution is 2.16. The molecule has 168 valence electrons. The zero-order valence-corrected chi connectivity index (χ0v) is 18.3. The van der Waals surface area contributed by atoms with Gasteiger partial charge in [-0.3, -0.25) is 19.4 Å². The molecule has 0 radical (unpaired) electrons. The number of benzene rings is 1. The van der Waals surface area contributed by atoms with Gasteiger partial charge in [0.25, 0.3) is 0 Å². The number of carbonyl (C=O) groups excluding carboxylic acids is 3. The predicted molar refractivity (Wildman–Crippen MR) is 119 cm³/mol. The summed E-state index contributed by atoms with van der Waals surface area (Å²) in [6, 6.07) is 13.4. The van der Waals surface area contributed by atoms with Crippen molar-refractivity contribution >= 4 is 23.5 Å². The Balaban J connectivity index is 1.56. The fourth-order valence-electron chi connectivity index (χ4n) is 3.44. The van der Waals surface area contributed by atoms with E-state index in [0.29, 0.717) is 26.1 Å². The van der Waals surface area contributed by atoms with Gasteiger partial charge in [-0.05, 0) is 24.1 Å². The van der Waals surface area contributed by atoms with Crippen LogP contribution in [0.15, 0.2) is 60.0 Å². The van der Waals surface area contributed by atoms with Crippen LogP contribution in [0.1, 0.15) is 43.7 Å². The minimum Gasteiger partial charge on any atom is -0.466 e. The molecule has 0 atom stereocenters. The first-order valence-corrected chi connectivity index (χ1v) is 10.8. The van der Waals surface area contributed by atoms with Gasteiger partial charge in [0.2, 0.25) is 11.8 Å². The molecule has 32 heavy (non-hydrogen) atoms. The second-order valence-electron chi connectivity index (χ2n) is 7.41. The molecule has 0 saturated heterocycles. The van der Waals surface area contributed by atoms with Gasteiger partial charge in [0.1, 0.15) is 0 Å². The zero-order chi connectivity index (χ0) is 22.8. The Bertz CT molecular complexity index is 947. The van der Waals surface area contributed by atoms with Crippen molar-refractivity contribution in [2.45, 2.75) is 39.2 Å². The van der Waals surface area contributed by atoms with Crippen LogP contribution in [0.2, 0.25) is 0 Å². The Labute approximate surface area is 187 Å². The average Bonchev–Trinajstić information content (AvgIpc) is 3.32. The van der Waals surface area contributed by atoms with E-state index < -0.39 is 0 Å². The van der Waals surface area contributed by atoms with Crippen LogP contribution in [-0.2, 0) is 25.7 Å². The second kappa shape index (κ2) is 11.7. The van der Waals surface area contributed by atoms with Crippen LogP contribution in [0.25, 0.3) is 0 Å². The summed E-state index contributed by atoms with van der Waals surface area (Å²) in [5.41, 5.74) is 2.73. The highest BCUT2D eigenvalue weighted by molar-refractivity contribution is 6.02. The fraction of sp³-hybridized carbons (Fsp3) is 0.375. The highest BCUT2D eigenvalue weighted by atomic mass is 16.5.